The Morgan fingerprint density at radius 2 is 1.39 bits per heavy atom. The number of hydrogen-bond acceptors (Lipinski definition) is 4. The number of fused-ring (bicyclic) bond motifs is 9. The second-order valence-corrected chi connectivity index (χ2v) is 8.61. The smallest absolute Gasteiger partial charge is 0.169 e. The molecule has 4 heteroatoms. The van der Waals surface area contributed by atoms with Crippen LogP contribution in [0.1, 0.15) is 37.8 Å². The highest BCUT2D eigenvalue weighted by Gasteiger charge is 2.55. The number of benzene rings is 2. The van der Waals surface area contributed by atoms with Gasteiger partial charge in [-0.3, -0.25) is 0 Å². The summed E-state index contributed by atoms with van der Waals surface area (Å²) in [7, 11) is 0. The average Bonchev–Trinajstić information content (AvgIpc) is 2.69. The molecule has 4 aliphatic rings. The van der Waals surface area contributed by atoms with E-state index in [1.54, 1.807) is 0 Å². The fourth-order valence-corrected chi connectivity index (χ4v) is 5.69. The highest BCUT2D eigenvalue weighted by molar-refractivity contribution is 5.80. The van der Waals surface area contributed by atoms with Gasteiger partial charge in [-0.1, -0.05) is 50.2 Å². The molecule has 0 N–H and O–H groups in total. The summed E-state index contributed by atoms with van der Waals surface area (Å²) in [5.41, 5.74) is 5.11. The lowest BCUT2D eigenvalue weighted by atomic mass is 9.66. The third-order valence-electron chi connectivity index (χ3n) is 7.74. The Morgan fingerprint density at radius 1 is 0.750 bits per heavy atom. The molecule has 0 aromatic heterocycles. The summed E-state index contributed by atoms with van der Waals surface area (Å²) in [6.45, 7) is 7.20. The molecule has 2 aromatic rings. The second kappa shape index (κ2) is 5.74. The Balaban J connectivity index is 1.58. The molecule has 2 saturated heterocycles. The molecule has 146 valence electrons. The molecule has 4 atom stereocenters. The van der Waals surface area contributed by atoms with Crippen LogP contribution in [0.15, 0.2) is 36.4 Å². The zero-order valence-electron chi connectivity index (χ0n) is 16.5. The van der Waals surface area contributed by atoms with Gasteiger partial charge in [0.15, 0.2) is 11.5 Å². The van der Waals surface area contributed by atoms with Crippen LogP contribution in [0, 0.1) is 0 Å². The zero-order chi connectivity index (χ0) is 18.9. The van der Waals surface area contributed by atoms with Crippen LogP contribution in [-0.4, -0.2) is 38.6 Å². The van der Waals surface area contributed by atoms with Crippen LogP contribution in [0.25, 0.3) is 11.1 Å². The van der Waals surface area contributed by atoms with Gasteiger partial charge in [0.25, 0.3) is 0 Å². The van der Waals surface area contributed by atoms with Gasteiger partial charge in [0.2, 0.25) is 0 Å². The van der Waals surface area contributed by atoms with Crippen molar-refractivity contribution in [2.24, 2.45) is 0 Å². The predicted octanol–water partition coefficient (Wildman–Crippen LogP) is 4.23. The first-order valence-electron chi connectivity index (χ1n) is 10.5. The van der Waals surface area contributed by atoms with Gasteiger partial charge < -0.3 is 18.9 Å². The van der Waals surface area contributed by atoms with E-state index < -0.39 is 0 Å². The van der Waals surface area contributed by atoms with Gasteiger partial charge in [0.1, 0.15) is 25.4 Å². The van der Waals surface area contributed by atoms with Crippen molar-refractivity contribution in [2.45, 2.75) is 49.7 Å². The highest BCUT2D eigenvalue weighted by atomic mass is 16.6. The highest BCUT2D eigenvalue weighted by Crippen LogP contribution is 2.56. The maximum Gasteiger partial charge on any atom is 0.169 e. The molecule has 0 radical (unpaired) electrons. The summed E-state index contributed by atoms with van der Waals surface area (Å²) < 4.78 is 24.5. The molecule has 0 aliphatic carbocycles. The van der Waals surface area contributed by atoms with Gasteiger partial charge in [0.05, 0.1) is 18.6 Å². The summed E-state index contributed by atoms with van der Waals surface area (Å²) in [6.07, 6.45) is 2.35. The van der Waals surface area contributed by atoms with Crippen molar-refractivity contribution in [1.29, 1.82) is 0 Å². The maximum absolute atomic E-state index is 6.45. The zero-order valence-corrected chi connectivity index (χ0v) is 16.5. The van der Waals surface area contributed by atoms with Gasteiger partial charge in [-0.2, -0.15) is 0 Å². The van der Waals surface area contributed by atoms with Gasteiger partial charge in [-0.05, 0) is 24.0 Å². The predicted molar refractivity (Wildman–Crippen MR) is 106 cm³/mol. The Labute approximate surface area is 165 Å². The van der Waals surface area contributed by atoms with E-state index in [2.05, 4.69) is 50.2 Å². The van der Waals surface area contributed by atoms with Crippen LogP contribution in [0.3, 0.4) is 0 Å². The van der Waals surface area contributed by atoms with Gasteiger partial charge in [-0.15, -0.1) is 0 Å². The van der Waals surface area contributed by atoms with Crippen molar-refractivity contribution < 1.29 is 18.9 Å². The third kappa shape index (κ3) is 1.88. The number of rotatable bonds is 2. The van der Waals surface area contributed by atoms with Crippen molar-refractivity contribution in [2.75, 3.05) is 26.4 Å². The topological polar surface area (TPSA) is 36.9 Å². The Morgan fingerprint density at radius 3 is 2.04 bits per heavy atom. The van der Waals surface area contributed by atoms with Gasteiger partial charge in [0, 0.05) is 16.5 Å². The molecule has 0 saturated carbocycles. The normalized spacial score (nSPS) is 34.4. The second-order valence-electron chi connectivity index (χ2n) is 8.61. The first-order chi connectivity index (χ1) is 13.7. The minimum atomic E-state index is 0.0442. The van der Waals surface area contributed by atoms with E-state index in [4.69, 9.17) is 18.9 Å². The van der Waals surface area contributed by atoms with Crippen molar-refractivity contribution >= 4 is 0 Å². The SMILES string of the molecule is CCC12COC1COc1c(ccc3c1OCC1OCC31CC)-c1ccccc12. The molecular weight excluding hydrogens is 352 g/mol. The third-order valence-corrected chi connectivity index (χ3v) is 7.74. The minimum Gasteiger partial charge on any atom is -0.487 e. The molecule has 28 heavy (non-hydrogen) atoms. The fraction of sp³-hybridized carbons (Fsp3) is 0.500. The molecule has 0 bridgehead atoms. The summed E-state index contributed by atoms with van der Waals surface area (Å²) in [5, 5.41) is 0. The Bertz CT molecular complexity index is 946. The average molecular weight is 378 g/mol. The first-order valence-corrected chi connectivity index (χ1v) is 10.5. The van der Waals surface area contributed by atoms with E-state index in [1.165, 1.54) is 16.7 Å². The van der Waals surface area contributed by atoms with Crippen LogP contribution in [0.4, 0.5) is 0 Å². The number of hydrogen-bond donors (Lipinski definition) is 0. The van der Waals surface area contributed by atoms with E-state index in [1.807, 2.05) is 0 Å². The summed E-state index contributed by atoms with van der Waals surface area (Å²) >= 11 is 0. The van der Waals surface area contributed by atoms with Crippen LogP contribution in [0.5, 0.6) is 11.5 Å². The monoisotopic (exact) mass is 378 g/mol. The first kappa shape index (κ1) is 16.9. The van der Waals surface area contributed by atoms with Crippen molar-refractivity contribution in [3.8, 4) is 22.6 Å². The van der Waals surface area contributed by atoms with E-state index in [-0.39, 0.29) is 23.0 Å². The molecule has 4 nitrogen and oxygen atoms in total. The van der Waals surface area contributed by atoms with Crippen LogP contribution in [-0.2, 0) is 20.3 Å². The van der Waals surface area contributed by atoms with E-state index in [0.717, 1.165) is 43.1 Å². The lowest BCUT2D eigenvalue weighted by molar-refractivity contribution is -0.168. The quantitative estimate of drug-likeness (QED) is 0.784. The summed E-state index contributed by atoms with van der Waals surface area (Å²) in [5.74, 6) is 1.79. The molecule has 2 aromatic carbocycles. The maximum atomic E-state index is 6.45. The molecule has 6 rings (SSSR count). The van der Waals surface area contributed by atoms with E-state index in [9.17, 15) is 0 Å². The molecule has 0 spiro atoms. The summed E-state index contributed by atoms with van der Waals surface area (Å²) in [4.78, 5) is 0. The molecule has 2 fully saturated rings. The van der Waals surface area contributed by atoms with Crippen molar-refractivity contribution in [3.63, 3.8) is 0 Å². The minimum absolute atomic E-state index is 0.0442. The van der Waals surface area contributed by atoms with E-state index >= 15 is 0 Å². The standard InChI is InChI=1S/C24H26O4/c1-3-23-13-27-19(23)11-25-21-16(15-7-5-6-8-17(15)23)9-10-18-22(21)26-12-20-24(18,4-2)14-28-20/h5-10,19-20H,3-4,11-14H2,1-2H3. The van der Waals surface area contributed by atoms with Gasteiger partial charge in [-0.25, -0.2) is 0 Å². The lowest BCUT2D eigenvalue weighted by Crippen LogP contribution is -2.60. The molecular formula is C24H26O4. The van der Waals surface area contributed by atoms with Crippen molar-refractivity contribution in [1.82, 2.24) is 0 Å². The number of ether oxygens (including phenoxy) is 4. The lowest BCUT2D eigenvalue weighted by Gasteiger charge is -2.53. The van der Waals surface area contributed by atoms with E-state index in [0.29, 0.717) is 13.2 Å². The molecule has 0 amide bonds. The summed E-state index contributed by atoms with van der Waals surface area (Å²) in [6, 6.07) is 13.2. The molecule has 4 unspecified atom stereocenters. The van der Waals surface area contributed by atoms with Gasteiger partial charge >= 0.3 is 0 Å². The Hall–Kier alpha value is -2.04. The van der Waals surface area contributed by atoms with Crippen LogP contribution < -0.4 is 9.47 Å². The molecule has 4 aliphatic heterocycles. The van der Waals surface area contributed by atoms with Crippen LogP contribution >= 0.6 is 0 Å². The van der Waals surface area contributed by atoms with Crippen LogP contribution in [0.2, 0.25) is 0 Å². The fourth-order valence-electron chi connectivity index (χ4n) is 5.69. The Kier molecular flexibility index (Phi) is 3.46. The largest absolute Gasteiger partial charge is 0.487 e. The molecule has 4 heterocycles. The van der Waals surface area contributed by atoms with Crippen molar-refractivity contribution in [3.05, 3.63) is 47.5 Å².